The fraction of sp³-hybridized carbons (Fsp3) is 0.500. The van der Waals surface area contributed by atoms with Gasteiger partial charge in [0.25, 0.3) is 5.91 Å². The van der Waals surface area contributed by atoms with Crippen LogP contribution >= 0.6 is 15.9 Å². The number of piperidine rings is 1. The average Bonchev–Trinajstić information content (AvgIpc) is 2.71. The monoisotopic (exact) mass is 336 g/mol. The van der Waals surface area contributed by atoms with Crippen LogP contribution in [0.3, 0.4) is 0 Å². The largest absolute Gasteiger partial charge is 0.443 e. The van der Waals surface area contributed by atoms with Crippen LogP contribution in [0.1, 0.15) is 29.8 Å². The van der Waals surface area contributed by atoms with Gasteiger partial charge in [0.05, 0.1) is 0 Å². The zero-order valence-electron chi connectivity index (χ0n) is 9.56. The van der Waals surface area contributed by atoms with Crippen molar-refractivity contribution < 1.29 is 17.6 Å². The van der Waals surface area contributed by atoms with Gasteiger partial charge in [0.15, 0.2) is 10.4 Å². The number of hydrogen-bond donors (Lipinski definition) is 1. The Morgan fingerprint density at radius 3 is 2.44 bits per heavy atom. The standard InChI is InChI=1S/C10H13BrN2O4S/c11-9-8(18(12,15)16)6-7(17-9)10(14)13-4-2-1-3-5-13/h6H,1-5H2,(H2,12,15,16). The maximum absolute atomic E-state index is 12.1. The van der Waals surface area contributed by atoms with Gasteiger partial charge in [-0.25, -0.2) is 13.6 Å². The first kappa shape index (κ1) is 13.6. The predicted octanol–water partition coefficient (Wildman–Crippen LogP) is 1.32. The highest BCUT2D eigenvalue weighted by atomic mass is 79.9. The van der Waals surface area contributed by atoms with Crippen LogP contribution < -0.4 is 5.14 Å². The molecule has 100 valence electrons. The Kier molecular flexibility index (Phi) is 3.79. The molecule has 0 unspecified atom stereocenters. The smallest absolute Gasteiger partial charge is 0.289 e. The van der Waals surface area contributed by atoms with Crippen molar-refractivity contribution in [1.82, 2.24) is 4.90 Å². The quantitative estimate of drug-likeness (QED) is 0.881. The second-order valence-electron chi connectivity index (χ2n) is 4.15. The number of furan rings is 1. The van der Waals surface area contributed by atoms with E-state index >= 15 is 0 Å². The molecule has 0 radical (unpaired) electrons. The van der Waals surface area contributed by atoms with Gasteiger partial charge in [-0.3, -0.25) is 4.79 Å². The first-order valence-electron chi connectivity index (χ1n) is 5.51. The van der Waals surface area contributed by atoms with Gasteiger partial charge in [0.2, 0.25) is 10.0 Å². The first-order chi connectivity index (χ1) is 8.39. The highest BCUT2D eigenvalue weighted by Crippen LogP contribution is 2.26. The molecule has 0 aliphatic carbocycles. The molecule has 8 heteroatoms. The number of nitrogens with two attached hydrogens (primary N) is 1. The van der Waals surface area contributed by atoms with E-state index in [9.17, 15) is 13.2 Å². The van der Waals surface area contributed by atoms with E-state index in [4.69, 9.17) is 9.56 Å². The molecule has 0 atom stereocenters. The topological polar surface area (TPSA) is 93.6 Å². The summed E-state index contributed by atoms with van der Waals surface area (Å²) in [6.07, 6.45) is 3.01. The Hall–Kier alpha value is -0.860. The summed E-state index contributed by atoms with van der Waals surface area (Å²) in [5, 5.41) is 5.01. The molecule has 1 fully saturated rings. The average molecular weight is 337 g/mol. The number of likely N-dealkylation sites (tertiary alicyclic amines) is 1. The van der Waals surface area contributed by atoms with Crippen LogP contribution in [-0.4, -0.2) is 32.3 Å². The SMILES string of the molecule is NS(=O)(=O)c1cc(C(=O)N2CCCCC2)oc1Br. The molecule has 6 nitrogen and oxygen atoms in total. The second-order valence-corrected chi connectivity index (χ2v) is 6.40. The predicted molar refractivity (Wildman–Crippen MR) is 67.5 cm³/mol. The minimum Gasteiger partial charge on any atom is -0.443 e. The number of sulfonamides is 1. The van der Waals surface area contributed by atoms with Crippen LogP contribution in [-0.2, 0) is 10.0 Å². The lowest BCUT2D eigenvalue weighted by atomic mass is 10.1. The Bertz CT molecular complexity index is 560. The molecule has 1 aliphatic heterocycles. The van der Waals surface area contributed by atoms with Crippen molar-refractivity contribution in [1.29, 1.82) is 0 Å². The van der Waals surface area contributed by atoms with Crippen molar-refractivity contribution >= 4 is 31.9 Å². The highest BCUT2D eigenvalue weighted by molar-refractivity contribution is 9.10. The van der Waals surface area contributed by atoms with Crippen LogP contribution in [0.5, 0.6) is 0 Å². The van der Waals surface area contributed by atoms with Crippen molar-refractivity contribution in [2.45, 2.75) is 24.2 Å². The maximum Gasteiger partial charge on any atom is 0.289 e. The number of rotatable bonds is 2. The summed E-state index contributed by atoms with van der Waals surface area (Å²) >= 11 is 2.95. The molecule has 0 saturated carbocycles. The Morgan fingerprint density at radius 2 is 1.94 bits per heavy atom. The van der Waals surface area contributed by atoms with Gasteiger partial charge in [-0.05, 0) is 35.2 Å². The Labute approximate surface area is 113 Å². The van der Waals surface area contributed by atoms with Gasteiger partial charge in [-0.15, -0.1) is 0 Å². The van der Waals surface area contributed by atoms with E-state index in [-0.39, 0.29) is 21.2 Å². The first-order valence-corrected chi connectivity index (χ1v) is 7.85. The molecule has 1 aliphatic rings. The molecule has 1 aromatic rings. The second kappa shape index (κ2) is 5.02. The van der Waals surface area contributed by atoms with Crippen LogP contribution in [0.4, 0.5) is 0 Å². The van der Waals surface area contributed by atoms with E-state index in [1.807, 2.05) is 0 Å². The third-order valence-electron chi connectivity index (χ3n) is 2.82. The molecule has 2 N–H and O–H groups in total. The summed E-state index contributed by atoms with van der Waals surface area (Å²) in [4.78, 5) is 13.5. The third kappa shape index (κ3) is 2.76. The molecule has 0 aromatic carbocycles. The van der Waals surface area contributed by atoms with Gasteiger partial charge in [-0.1, -0.05) is 0 Å². The van der Waals surface area contributed by atoms with Gasteiger partial charge in [-0.2, -0.15) is 0 Å². The Balaban J connectivity index is 2.26. The molecule has 0 spiro atoms. The summed E-state index contributed by atoms with van der Waals surface area (Å²) in [5.41, 5.74) is 0. The van der Waals surface area contributed by atoms with Crippen molar-refractivity contribution in [2.24, 2.45) is 5.14 Å². The number of amides is 1. The van der Waals surface area contributed by atoms with Crippen LogP contribution in [0, 0.1) is 0 Å². The zero-order valence-corrected chi connectivity index (χ0v) is 12.0. The van der Waals surface area contributed by atoms with Gasteiger partial charge in [0, 0.05) is 19.2 Å². The molecular weight excluding hydrogens is 324 g/mol. The summed E-state index contributed by atoms with van der Waals surface area (Å²) in [7, 11) is -3.89. The lowest BCUT2D eigenvalue weighted by Gasteiger charge is -2.25. The minimum absolute atomic E-state index is 0.00667. The number of hydrogen-bond acceptors (Lipinski definition) is 4. The fourth-order valence-corrected chi connectivity index (χ4v) is 3.41. The minimum atomic E-state index is -3.89. The van der Waals surface area contributed by atoms with Gasteiger partial charge < -0.3 is 9.32 Å². The van der Waals surface area contributed by atoms with E-state index in [1.165, 1.54) is 0 Å². The van der Waals surface area contributed by atoms with Gasteiger partial charge >= 0.3 is 0 Å². The molecule has 1 saturated heterocycles. The molecule has 2 rings (SSSR count). The maximum atomic E-state index is 12.1. The van der Waals surface area contributed by atoms with Crippen LogP contribution in [0.25, 0.3) is 0 Å². The zero-order chi connectivity index (χ0) is 13.3. The number of carbonyl (C=O) groups is 1. The van der Waals surface area contributed by atoms with Crippen molar-refractivity contribution in [3.05, 3.63) is 16.5 Å². The number of primary sulfonamides is 1. The molecule has 2 heterocycles. The lowest BCUT2D eigenvalue weighted by molar-refractivity contribution is 0.0690. The summed E-state index contributed by atoms with van der Waals surface area (Å²) in [6.45, 7) is 1.34. The van der Waals surface area contributed by atoms with E-state index in [0.717, 1.165) is 25.3 Å². The van der Waals surface area contributed by atoms with E-state index in [0.29, 0.717) is 13.1 Å². The summed E-state index contributed by atoms with van der Waals surface area (Å²) in [5.74, 6) is -0.307. The molecule has 18 heavy (non-hydrogen) atoms. The van der Waals surface area contributed by atoms with Crippen molar-refractivity contribution in [3.8, 4) is 0 Å². The van der Waals surface area contributed by atoms with E-state index in [1.54, 1.807) is 4.90 Å². The fourth-order valence-electron chi connectivity index (χ4n) is 1.90. The normalized spacial score (nSPS) is 16.9. The molecule has 0 bridgehead atoms. The van der Waals surface area contributed by atoms with Crippen LogP contribution in [0.15, 0.2) is 20.0 Å². The lowest BCUT2D eigenvalue weighted by Crippen LogP contribution is -2.35. The third-order valence-corrected chi connectivity index (χ3v) is 4.58. The Morgan fingerprint density at radius 1 is 1.33 bits per heavy atom. The van der Waals surface area contributed by atoms with Crippen molar-refractivity contribution in [2.75, 3.05) is 13.1 Å². The molecular formula is C10H13BrN2O4S. The number of nitrogens with zero attached hydrogens (tertiary/aromatic N) is 1. The van der Waals surface area contributed by atoms with Crippen LogP contribution in [0.2, 0.25) is 0 Å². The summed E-state index contributed by atoms with van der Waals surface area (Å²) in [6, 6.07) is 1.16. The van der Waals surface area contributed by atoms with E-state index in [2.05, 4.69) is 15.9 Å². The summed E-state index contributed by atoms with van der Waals surface area (Å²) < 4.78 is 27.5. The highest BCUT2D eigenvalue weighted by Gasteiger charge is 2.26. The van der Waals surface area contributed by atoms with Crippen molar-refractivity contribution in [3.63, 3.8) is 0 Å². The van der Waals surface area contributed by atoms with Gasteiger partial charge in [0.1, 0.15) is 4.90 Å². The van der Waals surface area contributed by atoms with E-state index < -0.39 is 10.0 Å². The molecule has 1 amide bonds. The number of carbonyl (C=O) groups excluding carboxylic acids is 1. The molecule has 1 aromatic heterocycles. The number of halogens is 1.